The van der Waals surface area contributed by atoms with Crippen molar-refractivity contribution in [3.63, 3.8) is 0 Å². The van der Waals surface area contributed by atoms with Crippen LogP contribution in [0.1, 0.15) is 26.2 Å². The molecule has 1 N–H and O–H groups in total. The van der Waals surface area contributed by atoms with Crippen LogP contribution in [0.2, 0.25) is 0 Å². The second-order valence-corrected chi connectivity index (χ2v) is 6.41. The lowest BCUT2D eigenvalue weighted by atomic mass is 9.95. The molecule has 20 heavy (non-hydrogen) atoms. The molecule has 0 amide bonds. The maximum Gasteiger partial charge on any atom is 0.119 e. The number of nitrogens with one attached hydrogen (secondary N) is 1. The zero-order valence-electron chi connectivity index (χ0n) is 12.5. The lowest BCUT2D eigenvalue weighted by Gasteiger charge is -2.33. The molecule has 1 atom stereocenters. The number of rotatable bonds is 5. The first-order valence-corrected chi connectivity index (χ1v) is 7.91. The summed E-state index contributed by atoms with van der Waals surface area (Å²) in [5.41, 5.74) is 0.323. The van der Waals surface area contributed by atoms with Crippen molar-refractivity contribution in [2.75, 3.05) is 32.8 Å². The Labute approximate surface area is 122 Å². The molecular weight excluding hydrogens is 248 g/mol. The van der Waals surface area contributed by atoms with Gasteiger partial charge < -0.3 is 10.1 Å². The highest BCUT2D eigenvalue weighted by Gasteiger charge is 2.42. The first-order chi connectivity index (χ1) is 9.76. The van der Waals surface area contributed by atoms with Crippen LogP contribution >= 0.6 is 0 Å². The van der Waals surface area contributed by atoms with E-state index in [1.807, 2.05) is 30.3 Å². The van der Waals surface area contributed by atoms with Crippen molar-refractivity contribution < 1.29 is 4.74 Å². The smallest absolute Gasteiger partial charge is 0.119 e. The van der Waals surface area contributed by atoms with E-state index in [1.165, 1.54) is 25.8 Å². The van der Waals surface area contributed by atoms with Crippen LogP contribution in [0.25, 0.3) is 0 Å². The third-order valence-corrected chi connectivity index (χ3v) is 4.63. The van der Waals surface area contributed by atoms with Crippen LogP contribution in [0, 0.1) is 5.92 Å². The Morgan fingerprint density at radius 2 is 2.10 bits per heavy atom. The van der Waals surface area contributed by atoms with Crippen LogP contribution in [0.4, 0.5) is 0 Å². The normalized spacial score (nSPS) is 28.1. The van der Waals surface area contributed by atoms with Gasteiger partial charge in [0, 0.05) is 18.6 Å². The molecule has 0 bridgehead atoms. The standard InChI is InChI=1S/C17H26N2O/c1-17(15-8-9-15)14-19(11-5-10-18-17)12-13-20-16-6-3-2-4-7-16/h2-4,6-7,15,18H,5,8-14H2,1H3. The highest BCUT2D eigenvalue weighted by Crippen LogP contribution is 2.40. The Hall–Kier alpha value is -1.06. The molecule has 1 saturated heterocycles. The van der Waals surface area contributed by atoms with Crippen LogP contribution in [-0.4, -0.2) is 43.2 Å². The summed E-state index contributed by atoms with van der Waals surface area (Å²) in [7, 11) is 0. The molecule has 0 spiro atoms. The molecule has 2 aliphatic rings. The first-order valence-electron chi connectivity index (χ1n) is 7.91. The highest BCUT2D eigenvalue weighted by molar-refractivity contribution is 5.20. The maximum atomic E-state index is 5.83. The lowest BCUT2D eigenvalue weighted by Crippen LogP contribution is -2.51. The zero-order chi connectivity index (χ0) is 13.8. The van der Waals surface area contributed by atoms with Crippen molar-refractivity contribution in [1.82, 2.24) is 10.2 Å². The van der Waals surface area contributed by atoms with Gasteiger partial charge in [0.1, 0.15) is 12.4 Å². The van der Waals surface area contributed by atoms with Crippen LogP contribution in [0.15, 0.2) is 30.3 Å². The van der Waals surface area contributed by atoms with E-state index in [0.717, 1.165) is 37.9 Å². The fraction of sp³-hybridized carbons (Fsp3) is 0.647. The van der Waals surface area contributed by atoms with Gasteiger partial charge >= 0.3 is 0 Å². The predicted octanol–water partition coefficient (Wildman–Crippen LogP) is 2.53. The van der Waals surface area contributed by atoms with Crippen LogP contribution in [0.5, 0.6) is 5.75 Å². The van der Waals surface area contributed by atoms with E-state index in [-0.39, 0.29) is 0 Å². The van der Waals surface area contributed by atoms with Gasteiger partial charge in [0.15, 0.2) is 0 Å². The van der Waals surface area contributed by atoms with Gasteiger partial charge in [0.2, 0.25) is 0 Å². The van der Waals surface area contributed by atoms with Crippen LogP contribution in [0.3, 0.4) is 0 Å². The molecule has 1 aromatic rings. The number of para-hydroxylation sites is 1. The van der Waals surface area contributed by atoms with E-state index in [0.29, 0.717) is 5.54 Å². The van der Waals surface area contributed by atoms with E-state index >= 15 is 0 Å². The van der Waals surface area contributed by atoms with Crippen LogP contribution < -0.4 is 10.1 Å². The van der Waals surface area contributed by atoms with Gasteiger partial charge in [0.05, 0.1) is 0 Å². The van der Waals surface area contributed by atoms with Crippen molar-refractivity contribution in [2.24, 2.45) is 5.92 Å². The molecule has 1 aliphatic carbocycles. The molecule has 3 nitrogen and oxygen atoms in total. The molecule has 1 unspecified atom stereocenters. The number of nitrogens with zero attached hydrogens (tertiary/aromatic N) is 1. The zero-order valence-corrected chi connectivity index (χ0v) is 12.5. The minimum Gasteiger partial charge on any atom is -0.492 e. The van der Waals surface area contributed by atoms with Gasteiger partial charge in [-0.25, -0.2) is 0 Å². The Bertz CT molecular complexity index is 418. The second kappa shape index (κ2) is 6.15. The highest BCUT2D eigenvalue weighted by atomic mass is 16.5. The Morgan fingerprint density at radius 1 is 1.30 bits per heavy atom. The van der Waals surface area contributed by atoms with Gasteiger partial charge in [-0.05, 0) is 57.3 Å². The van der Waals surface area contributed by atoms with Crippen molar-refractivity contribution in [3.05, 3.63) is 30.3 Å². The van der Waals surface area contributed by atoms with E-state index in [2.05, 4.69) is 17.1 Å². The number of hydrogen-bond acceptors (Lipinski definition) is 3. The average Bonchev–Trinajstić information content (AvgIpc) is 3.28. The van der Waals surface area contributed by atoms with Gasteiger partial charge in [-0.15, -0.1) is 0 Å². The monoisotopic (exact) mass is 274 g/mol. The fourth-order valence-electron chi connectivity index (χ4n) is 3.27. The van der Waals surface area contributed by atoms with Gasteiger partial charge in [0.25, 0.3) is 0 Å². The first kappa shape index (κ1) is 13.9. The summed E-state index contributed by atoms with van der Waals surface area (Å²) in [4.78, 5) is 2.57. The molecule has 2 fully saturated rings. The van der Waals surface area contributed by atoms with Crippen molar-refractivity contribution in [2.45, 2.75) is 31.7 Å². The molecular formula is C17H26N2O. The average molecular weight is 274 g/mol. The molecule has 3 heteroatoms. The van der Waals surface area contributed by atoms with Gasteiger partial charge in [-0.3, -0.25) is 4.90 Å². The molecule has 3 rings (SSSR count). The molecule has 0 radical (unpaired) electrons. The molecule has 1 saturated carbocycles. The third-order valence-electron chi connectivity index (χ3n) is 4.63. The quantitative estimate of drug-likeness (QED) is 0.893. The summed E-state index contributed by atoms with van der Waals surface area (Å²) in [6, 6.07) is 10.1. The fourth-order valence-corrected chi connectivity index (χ4v) is 3.27. The third kappa shape index (κ3) is 3.53. The summed E-state index contributed by atoms with van der Waals surface area (Å²) in [5, 5.41) is 3.78. The minimum absolute atomic E-state index is 0.323. The number of benzene rings is 1. The summed E-state index contributed by atoms with van der Waals surface area (Å²) in [6.07, 6.45) is 4.04. The van der Waals surface area contributed by atoms with Crippen molar-refractivity contribution >= 4 is 0 Å². The Balaban J connectivity index is 1.49. The van der Waals surface area contributed by atoms with E-state index < -0.39 is 0 Å². The number of ether oxygens (including phenoxy) is 1. The summed E-state index contributed by atoms with van der Waals surface area (Å²) >= 11 is 0. The molecule has 1 heterocycles. The predicted molar refractivity (Wildman–Crippen MR) is 82.1 cm³/mol. The summed E-state index contributed by atoms with van der Waals surface area (Å²) in [6.45, 7) is 7.72. The van der Waals surface area contributed by atoms with Crippen molar-refractivity contribution in [3.8, 4) is 5.75 Å². The Kier molecular flexibility index (Phi) is 4.27. The van der Waals surface area contributed by atoms with Crippen molar-refractivity contribution in [1.29, 1.82) is 0 Å². The molecule has 1 aromatic carbocycles. The SMILES string of the molecule is CC1(C2CC2)CN(CCOc2ccccc2)CCCN1. The van der Waals surface area contributed by atoms with E-state index in [4.69, 9.17) is 4.74 Å². The second-order valence-electron chi connectivity index (χ2n) is 6.41. The van der Waals surface area contributed by atoms with E-state index in [9.17, 15) is 0 Å². The van der Waals surface area contributed by atoms with Crippen LogP contribution in [-0.2, 0) is 0 Å². The minimum atomic E-state index is 0.323. The largest absolute Gasteiger partial charge is 0.492 e. The topological polar surface area (TPSA) is 24.5 Å². The summed E-state index contributed by atoms with van der Waals surface area (Å²) < 4.78 is 5.83. The maximum absolute atomic E-state index is 5.83. The Morgan fingerprint density at radius 3 is 2.85 bits per heavy atom. The molecule has 1 aliphatic heterocycles. The summed E-state index contributed by atoms with van der Waals surface area (Å²) in [5.74, 6) is 1.86. The lowest BCUT2D eigenvalue weighted by molar-refractivity contribution is 0.170. The van der Waals surface area contributed by atoms with Gasteiger partial charge in [-0.1, -0.05) is 18.2 Å². The number of hydrogen-bond donors (Lipinski definition) is 1. The van der Waals surface area contributed by atoms with Gasteiger partial charge in [-0.2, -0.15) is 0 Å². The molecule has 110 valence electrons. The van der Waals surface area contributed by atoms with E-state index in [1.54, 1.807) is 0 Å². The molecule has 0 aromatic heterocycles.